The summed E-state index contributed by atoms with van der Waals surface area (Å²) in [5.41, 5.74) is 9.32. The van der Waals surface area contributed by atoms with Crippen molar-refractivity contribution in [2.45, 2.75) is 26.6 Å². The first-order valence-electron chi connectivity index (χ1n) is 15.9. The normalized spacial score (nSPS) is 10.9. The zero-order valence-corrected chi connectivity index (χ0v) is 26.8. The number of rotatable bonds is 9. The number of benzene rings is 2. The second-order valence-electron chi connectivity index (χ2n) is 11.3. The van der Waals surface area contributed by atoms with Gasteiger partial charge in [0.2, 0.25) is 0 Å². The number of aromatic nitrogens is 8. The highest BCUT2D eigenvalue weighted by molar-refractivity contribution is 5.69. The van der Waals surface area contributed by atoms with Crippen LogP contribution in [-0.4, -0.2) is 44.3 Å². The van der Waals surface area contributed by atoms with Gasteiger partial charge < -0.3 is 15.7 Å². The molecule has 0 aliphatic carbocycles. The molecule has 3 N–H and O–H groups in total. The fraction of sp³-hybridized carbons (Fsp3) is 0.105. The Hall–Kier alpha value is -6.46. The van der Waals surface area contributed by atoms with Crippen molar-refractivity contribution in [3.8, 4) is 22.5 Å². The van der Waals surface area contributed by atoms with Crippen LogP contribution in [0.5, 0.6) is 0 Å². The Labute approximate surface area is 283 Å². The van der Waals surface area contributed by atoms with Gasteiger partial charge in [-0.2, -0.15) is 19.2 Å². The van der Waals surface area contributed by atoms with Gasteiger partial charge in [-0.25, -0.2) is 9.97 Å². The van der Waals surface area contributed by atoms with Crippen molar-refractivity contribution < 1.29 is 5.11 Å². The molecule has 0 spiro atoms. The summed E-state index contributed by atoms with van der Waals surface area (Å²) in [5.74, 6) is 1.73. The topological polar surface area (TPSA) is 130 Å². The van der Waals surface area contributed by atoms with Crippen LogP contribution in [0, 0.1) is 6.92 Å². The van der Waals surface area contributed by atoms with Crippen LogP contribution in [0.3, 0.4) is 0 Å². The molecule has 0 aliphatic heterocycles. The van der Waals surface area contributed by atoms with Gasteiger partial charge in [-0.05, 0) is 30.2 Å². The van der Waals surface area contributed by atoms with E-state index in [9.17, 15) is 5.11 Å². The third-order valence-electron chi connectivity index (χ3n) is 7.90. The number of aliphatic hydroxyl groups is 1. The Bertz CT molecular complexity index is 2270. The summed E-state index contributed by atoms with van der Waals surface area (Å²) >= 11 is 0. The first-order valence-corrected chi connectivity index (χ1v) is 15.9. The van der Waals surface area contributed by atoms with E-state index in [4.69, 9.17) is 4.98 Å². The van der Waals surface area contributed by atoms with Crippen molar-refractivity contribution in [3.63, 3.8) is 0 Å². The third kappa shape index (κ3) is 7.11. The number of hydrogen-bond donors (Lipinski definition) is 3. The number of fused-ring (bicyclic) bond motifs is 2. The lowest BCUT2D eigenvalue weighted by Crippen LogP contribution is -2.07. The maximum absolute atomic E-state index is 9.56. The molecule has 49 heavy (non-hydrogen) atoms. The molecule has 0 saturated heterocycles. The Balaban J connectivity index is 0.000000154. The predicted octanol–water partition coefficient (Wildman–Crippen LogP) is 6.61. The molecule has 8 rings (SSSR count). The summed E-state index contributed by atoms with van der Waals surface area (Å²) in [6.45, 7) is 3.22. The van der Waals surface area contributed by atoms with Crippen LogP contribution in [0.25, 0.3) is 33.8 Å². The minimum atomic E-state index is -0.100. The summed E-state index contributed by atoms with van der Waals surface area (Å²) in [6.07, 6.45) is 10.7. The molecule has 0 saturated carbocycles. The van der Waals surface area contributed by atoms with Crippen molar-refractivity contribution in [2.24, 2.45) is 0 Å². The van der Waals surface area contributed by atoms with Crippen LogP contribution in [0.2, 0.25) is 0 Å². The highest BCUT2D eigenvalue weighted by Gasteiger charge is 2.13. The van der Waals surface area contributed by atoms with Gasteiger partial charge in [-0.3, -0.25) is 9.97 Å². The van der Waals surface area contributed by atoms with Gasteiger partial charge in [0.1, 0.15) is 11.6 Å². The molecule has 8 aromatic rings. The zero-order chi connectivity index (χ0) is 33.4. The molecule has 2 aromatic carbocycles. The summed E-state index contributed by atoms with van der Waals surface area (Å²) in [7, 11) is 0. The standard InChI is InChI=1S/C19H17N5O.C19H17N5/c25-13-16-12-22-24-18(21-11-14-5-4-8-20-10-14)9-17(23-19(16)24)15-6-2-1-3-7-15;1-14-11-22-24-18(21-13-15-6-5-9-20-12-15)10-17(23-19(14)24)16-7-3-2-4-8-16/h1-10,12,21,25H,11,13H2;2-12,21H,13H2,1H3. The molecule has 242 valence electrons. The van der Waals surface area contributed by atoms with E-state index in [1.807, 2.05) is 115 Å². The van der Waals surface area contributed by atoms with Crippen molar-refractivity contribution >= 4 is 22.9 Å². The van der Waals surface area contributed by atoms with Crippen LogP contribution < -0.4 is 10.6 Å². The Kier molecular flexibility index (Phi) is 9.24. The quantitative estimate of drug-likeness (QED) is 0.159. The van der Waals surface area contributed by atoms with E-state index in [1.165, 1.54) is 0 Å². The SMILES string of the molecule is Cc1cnn2c(NCc3cccnc3)cc(-c3ccccc3)nc12.OCc1cnn2c(NCc3cccnc3)cc(-c3ccccc3)nc12. The van der Waals surface area contributed by atoms with Crippen LogP contribution in [0.4, 0.5) is 11.6 Å². The minimum absolute atomic E-state index is 0.100. The van der Waals surface area contributed by atoms with Gasteiger partial charge in [0.25, 0.3) is 0 Å². The number of aliphatic hydroxyl groups excluding tert-OH is 1. The first kappa shape index (κ1) is 31.2. The average molecular weight is 647 g/mol. The average Bonchev–Trinajstić information content (AvgIpc) is 3.77. The van der Waals surface area contributed by atoms with Gasteiger partial charge in [0.15, 0.2) is 11.3 Å². The molecule has 0 amide bonds. The summed E-state index contributed by atoms with van der Waals surface area (Å²) in [6, 6.07) is 32.0. The zero-order valence-electron chi connectivity index (χ0n) is 26.8. The maximum Gasteiger partial charge on any atom is 0.163 e. The van der Waals surface area contributed by atoms with Crippen molar-refractivity contribution in [2.75, 3.05) is 10.6 Å². The summed E-state index contributed by atoms with van der Waals surface area (Å²) < 4.78 is 3.56. The van der Waals surface area contributed by atoms with Gasteiger partial charge in [0, 0.05) is 72.3 Å². The Morgan fingerprint density at radius 2 is 1.10 bits per heavy atom. The van der Waals surface area contributed by atoms with Crippen LogP contribution in [-0.2, 0) is 19.7 Å². The number of hydrogen-bond acceptors (Lipinski definition) is 9. The number of nitrogens with one attached hydrogen (secondary N) is 2. The lowest BCUT2D eigenvalue weighted by atomic mass is 10.1. The number of aryl methyl sites for hydroxylation is 1. The molecule has 11 nitrogen and oxygen atoms in total. The minimum Gasteiger partial charge on any atom is -0.391 e. The molecule has 0 radical (unpaired) electrons. The predicted molar refractivity (Wildman–Crippen MR) is 191 cm³/mol. The molecular formula is C38H34N10O. The fourth-order valence-electron chi connectivity index (χ4n) is 5.35. The summed E-state index contributed by atoms with van der Waals surface area (Å²) in [4.78, 5) is 17.7. The van der Waals surface area contributed by atoms with Gasteiger partial charge >= 0.3 is 0 Å². The number of nitrogens with zero attached hydrogens (tertiary/aromatic N) is 8. The van der Waals surface area contributed by atoms with E-state index in [0.29, 0.717) is 24.3 Å². The van der Waals surface area contributed by atoms with Crippen molar-refractivity contribution in [1.82, 2.24) is 39.2 Å². The van der Waals surface area contributed by atoms with E-state index in [1.54, 1.807) is 23.1 Å². The number of anilines is 2. The highest BCUT2D eigenvalue weighted by atomic mass is 16.3. The van der Waals surface area contributed by atoms with E-state index in [0.717, 1.165) is 56.5 Å². The second-order valence-corrected chi connectivity index (χ2v) is 11.3. The molecule has 0 aliphatic rings. The molecule has 0 fully saturated rings. The molecule has 6 heterocycles. The molecule has 0 bridgehead atoms. The summed E-state index contributed by atoms with van der Waals surface area (Å²) in [5, 5.41) is 25.2. The van der Waals surface area contributed by atoms with E-state index in [2.05, 4.69) is 47.9 Å². The fourth-order valence-corrected chi connectivity index (χ4v) is 5.35. The molecular weight excluding hydrogens is 612 g/mol. The van der Waals surface area contributed by atoms with Gasteiger partial charge in [-0.15, -0.1) is 0 Å². The van der Waals surface area contributed by atoms with Crippen LogP contribution in [0.1, 0.15) is 22.3 Å². The highest BCUT2D eigenvalue weighted by Crippen LogP contribution is 2.25. The first-order chi connectivity index (χ1) is 24.2. The molecule has 11 heteroatoms. The lowest BCUT2D eigenvalue weighted by Gasteiger charge is -2.11. The Morgan fingerprint density at radius 1 is 0.592 bits per heavy atom. The van der Waals surface area contributed by atoms with E-state index < -0.39 is 0 Å². The van der Waals surface area contributed by atoms with E-state index in [-0.39, 0.29) is 6.61 Å². The Morgan fingerprint density at radius 3 is 1.61 bits per heavy atom. The van der Waals surface area contributed by atoms with E-state index >= 15 is 0 Å². The largest absolute Gasteiger partial charge is 0.391 e. The van der Waals surface area contributed by atoms with Crippen molar-refractivity contribution in [1.29, 1.82) is 0 Å². The number of pyridine rings is 2. The molecule has 0 unspecified atom stereocenters. The monoisotopic (exact) mass is 646 g/mol. The third-order valence-corrected chi connectivity index (χ3v) is 7.90. The molecule has 0 atom stereocenters. The maximum atomic E-state index is 9.56. The molecule has 6 aromatic heterocycles. The smallest absolute Gasteiger partial charge is 0.163 e. The van der Waals surface area contributed by atoms with Crippen LogP contribution in [0.15, 0.2) is 134 Å². The van der Waals surface area contributed by atoms with Gasteiger partial charge in [-0.1, -0.05) is 72.8 Å². The second kappa shape index (κ2) is 14.5. The lowest BCUT2D eigenvalue weighted by molar-refractivity contribution is 0.283. The van der Waals surface area contributed by atoms with Gasteiger partial charge in [0.05, 0.1) is 30.4 Å². The van der Waals surface area contributed by atoms with Crippen LogP contribution >= 0.6 is 0 Å². The van der Waals surface area contributed by atoms with Crippen molar-refractivity contribution in [3.05, 3.63) is 156 Å².